The van der Waals surface area contributed by atoms with E-state index in [0.29, 0.717) is 0 Å². The van der Waals surface area contributed by atoms with E-state index < -0.39 is 0 Å². The van der Waals surface area contributed by atoms with Gasteiger partial charge in [-0.15, -0.1) is 10.2 Å². The molecule has 1 fully saturated rings. The zero-order valence-electron chi connectivity index (χ0n) is 9.98. The van der Waals surface area contributed by atoms with Crippen LogP contribution in [0.25, 0.3) is 0 Å². The van der Waals surface area contributed by atoms with Crippen molar-refractivity contribution in [3.05, 3.63) is 10.0 Å². The molecule has 0 aliphatic heterocycles. The average Bonchev–Trinajstić information content (AvgIpc) is 2.56. The van der Waals surface area contributed by atoms with Crippen molar-refractivity contribution in [2.75, 3.05) is 0 Å². The molecule has 1 atom stereocenters. The first kappa shape index (κ1) is 12.0. The second kappa shape index (κ2) is 5.73. The molecule has 1 unspecified atom stereocenters. The van der Waals surface area contributed by atoms with E-state index in [1.807, 2.05) is 6.92 Å². The number of aromatic nitrogens is 2. The minimum absolute atomic E-state index is 0.0281. The quantitative estimate of drug-likeness (QED) is 0.825. The first-order valence-electron chi connectivity index (χ1n) is 6.33. The van der Waals surface area contributed by atoms with Crippen LogP contribution in [0.2, 0.25) is 0 Å². The molecule has 2 N–H and O–H groups in total. The van der Waals surface area contributed by atoms with Crippen LogP contribution in [0.15, 0.2) is 0 Å². The Morgan fingerprint density at radius 1 is 1.25 bits per heavy atom. The van der Waals surface area contributed by atoms with E-state index in [0.717, 1.165) is 17.3 Å². The van der Waals surface area contributed by atoms with Crippen molar-refractivity contribution in [2.24, 2.45) is 11.7 Å². The van der Waals surface area contributed by atoms with Crippen LogP contribution in [0, 0.1) is 5.92 Å². The Labute approximate surface area is 101 Å². The van der Waals surface area contributed by atoms with E-state index in [-0.39, 0.29) is 6.04 Å². The van der Waals surface area contributed by atoms with Crippen molar-refractivity contribution < 1.29 is 0 Å². The largest absolute Gasteiger partial charge is 0.322 e. The van der Waals surface area contributed by atoms with Gasteiger partial charge in [-0.3, -0.25) is 0 Å². The Morgan fingerprint density at radius 2 is 1.94 bits per heavy atom. The SMILES string of the molecule is CC(N)c1nnc(CC2CCCCCC2)s1. The standard InChI is InChI=1S/C12H21N3S/c1-9(13)12-15-14-11(16-12)8-10-6-4-2-3-5-7-10/h9-10H,2-8,13H2,1H3. The van der Waals surface area contributed by atoms with E-state index in [4.69, 9.17) is 5.73 Å². The third-order valence-corrected chi connectivity index (χ3v) is 4.46. The molecule has 0 saturated heterocycles. The maximum Gasteiger partial charge on any atom is 0.133 e. The van der Waals surface area contributed by atoms with E-state index in [2.05, 4.69) is 10.2 Å². The van der Waals surface area contributed by atoms with E-state index >= 15 is 0 Å². The molecular weight excluding hydrogens is 218 g/mol. The lowest BCUT2D eigenvalue weighted by molar-refractivity contribution is 0.456. The summed E-state index contributed by atoms with van der Waals surface area (Å²) in [6.07, 6.45) is 9.47. The van der Waals surface area contributed by atoms with Crippen molar-refractivity contribution in [1.82, 2.24) is 10.2 Å². The van der Waals surface area contributed by atoms with Crippen molar-refractivity contribution >= 4 is 11.3 Å². The topological polar surface area (TPSA) is 51.8 Å². The molecule has 4 heteroatoms. The number of rotatable bonds is 3. The van der Waals surface area contributed by atoms with Gasteiger partial charge in [0.25, 0.3) is 0 Å². The zero-order chi connectivity index (χ0) is 11.4. The Balaban J connectivity index is 1.91. The van der Waals surface area contributed by atoms with Crippen molar-refractivity contribution in [1.29, 1.82) is 0 Å². The van der Waals surface area contributed by atoms with Crippen LogP contribution in [0.4, 0.5) is 0 Å². The maximum absolute atomic E-state index is 5.79. The molecule has 1 aliphatic carbocycles. The van der Waals surface area contributed by atoms with Crippen molar-refractivity contribution in [3.8, 4) is 0 Å². The number of hydrogen-bond acceptors (Lipinski definition) is 4. The molecular formula is C12H21N3S. The summed E-state index contributed by atoms with van der Waals surface area (Å²) in [5, 5.41) is 10.6. The molecule has 16 heavy (non-hydrogen) atoms. The first-order valence-corrected chi connectivity index (χ1v) is 7.15. The van der Waals surface area contributed by atoms with Crippen LogP contribution < -0.4 is 5.73 Å². The van der Waals surface area contributed by atoms with Crippen LogP contribution in [-0.2, 0) is 6.42 Å². The summed E-state index contributed by atoms with van der Waals surface area (Å²) in [5.41, 5.74) is 5.79. The third-order valence-electron chi connectivity index (χ3n) is 3.31. The van der Waals surface area contributed by atoms with Crippen LogP contribution >= 0.6 is 11.3 Å². The Hall–Kier alpha value is -0.480. The second-order valence-corrected chi connectivity index (χ2v) is 5.98. The summed E-state index contributed by atoms with van der Waals surface area (Å²) < 4.78 is 0. The van der Waals surface area contributed by atoms with Crippen LogP contribution in [0.3, 0.4) is 0 Å². The van der Waals surface area contributed by atoms with Gasteiger partial charge in [-0.1, -0.05) is 49.9 Å². The fourth-order valence-corrected chi connectivity index (χ4v) is 3.26. The molecule has 1 saturated carbocycles. The van der Waals surface area contributed by atoms with Crippen molar-refractivity contribution in [2.45, 2.75) is 57.9 Å². The Bertz CT molecular complexity index is 314. The van der Waals surface area contributed by atoms with Crippen LogP contribution in [0.1, 0.15) is 61.5 Å². The van der Waals surface area contributed by atoms with Gasteiger partial charge < -0.3 is 5.73 Å². The predicted molar refractivity (Wildman–Crippen MR) is 67.4 cm³/mol. The summed E-state index contributed by atoms with van der Waals surface area (Å²) in [7, 11) is 0. The maximum atomic E-state index is 5.79. The predicted octanol–water partition coefficient (Wildman–Crippen LogP) is 3.07. The molecule has 0 amide bonds. The minimum Gasteiger partial charge on any atom is -0.322 e. The Morgan fingerprint density at radius 3 is 2.50 bits per heavy atom. The van der Waals surface area contributed by atoms with Crippen LogP contribution in [0.5, 0.6) is 0 Å². The van der Waals surface area contributed by atoms with Gasteiger partial charge in [0.05, 0.1) is 6.04 Å². The molecule has 2 rings (SSSR count). The van der Waals surface area contributed by atoms with Gasteiger partial charge in [0.2, 0.25) is 0 Å². The number of nitrogens with zero attached hydrogens (tertiary/aromatic N) is 2. The molecule has 0 aromatic carbocycles. The summed E-state index contributed by atoms with van der Waals surface area (Å²) >= 11 is 1.69. The highest BCUT2D eigenvalue weighted by Gasteiger charge is 2.16. The lowest BCUT2D eigenvalue weighted by atomic mass is 9.97. The summed E-state index contributed by atoms with van der Waals surface area (Å²) in [4.78, 5) is 0. The lowest BCUT2D eigenvalue weighted by Crippen LogP contribution is -2.03. The highest BCUT2D eigenvalue weighted by molar-refractivity contribution is 7.11. The van der Waals surface area contributed by atoms with Gasteiger partial charge in [0.1, 0.15) is 10.0 Å². The molecule has 0 bridgehead atoms. The fraction of sp³-hybridized carbons (Fsp3) is 0.833. The second-order valence-electron chi connectivity index (χ2n) is 4.88. The van der Waals surface area contributed by atoms with Gasteiger partial charge in [-0.25, -0.2) is 0 Å². The van der Waals surface area contributed by atoms with Gasteiger partial charge in [-0.05, 0) is 12.8 Å². The molecule has 0 radical (unpaired) electrons. The fourth-order valence-electron chi connectivity index (χ4n) is 2.35. The van der Waals surface area contributed by atoms with Crippen LogP contribution in [-0.4, -0.2) is 10.2 Å². The summed E-state index contributed by atoms with van der Waals surface area (Å²) in [6.45, 7) is 1.97. The van der Waals surface area contributed by atoms with E-state index in [1.165, 1.54) is 43.5 Å². The third kappa shape index (κ3) is 3.25. The molecule has 1 aliphatic rings. The van der Waals surface area contributed by atoms with Crippen molar-refractivity contribution in [3.63, 3.8) is 0 Å². The normalized spacial score (nSPS) is 20.6. The molecule has 1 aromatic rings. The molecule has 90 valence electrons. The molecule has 0 spiro atoms. The van der Waals surface area contributed by atoms with Gasteiger partial charge >= 0.3 is 0 Å². The van der Waals surface area contributed by atoms with Gasteiger partial charge in [0, 0.05) is 6.42 Å². The Kier molecular flexibility index (Phi) is 4.29. The first-order chi connectivity index (χ1) is 7.75. The van der Waals surface area contributed by atoms with E-state index in [1.54, 1.807) is 11.3 Å². The van der Waals surface area contributed by atoms with Gasteiger partial charge in [0.15, 0.2) is 0 Å². The minimum atomic E-state index is 0.0281. The summed E-state index contributed by atoms with van der Waals surface area (Å²) in [6, 6.07) is 0.0281. The van der Waals surface area contributed by atoms with Gasteiger partial charge in [-0.2, -0.15) is 0 Å². The monoisotopic (exact) mass is 239 g/mol. The lowest BCUT2D eigenvalue weighted by Gasteiger charge is -2.10. The average molecular weight is 239 g/mol. The molecule has 1 aromatic heterocycles. The number of hydrogen-bond donors (Lipinski definition) is 1. The highest BCUT2D eigenvalue weighted by atomic mass is 32.1. The molecule has 1 heterocycles. The molecule has 3 nitrogen and oxygen atoms in total. The zero-order valence-corrected chi connectivity index (χ0v) is 10.8. The summed E-state index contributed by atoms with van der Waals surface area (Å²) in [5.74, 6) is 0.830. The smallest absolute Gasteiger partial charge is 0.133 e. The van der Waals surface area contributed by atoms with E-state index in [9.17, 15) is 0 Å². The highest BCUT2D eigenvalue weighted by Crippen LogP contribution is 2.27. The number of nitrogens with two attached hydrogens (primary N) is 1.